The largest absolute Gasteiger partial charge is 0.494 e. The maximum absolute atomic E-state index is 11.1. The summed E-state index contributed by atoms with van der Waals surface area (Å²) in [5.41, 5.74) is 0.266. The molecule has 0 aromatic heterocycles. The molecule has 6 nitrogen and oxygen atoms in total. The predicted octanol–water partition coefficient (Wildman–Crippen LogP) is 3.36. The lowest BCUT2D eigenvalue weighted by molar-refractivity contribution is 0.00578. The van der Waals surface area contributed by atoms with E-state index in [1.165, 1.54) is 0 Å². The lowest BCUT2D eigenvalue weighted by atomic mass is 9.79. The number of carboxylic acid groups (broad SMARTS) is 1. The lowest BCUT2D eigenvalue weighted by Crippen LogP contribution is -2.50. The number of rotatable bonds is 7. The van der Waals surface area contributed by atoms with Crippen LogP contribution in [0.1, 0.15) is 48.0 Å². The summed E-state index contributed by atoms with van der Waals surface area (Å²) < 4.78 is 17.9. The Balaban J connectivity index is 2.03. The van der Waals surface area contributed by atoms with Gasteiger partial charge in [-0.3, -0.25) is 0 Å². The second-order valence-corrected chi connectivity index (χ2v) is 8.57. The summed E-state index contributed by atoms with van der Waals surface area (Å²) in [5.74, 6) is 0.649. The zero-order chi connectivity index (χ0) is 20.5. The first-order valence-electron chi connectivity index (χ1n) is 9.07. The Morgan fingerprint density at radius 1 is 1.22 bits per heavy atom. The van der Waals surface area contributed by atoms with E-state index in [0.29, 0.717) is 12.2 Å². The summed E-state index contributed by atoms with van der Waals surface area (Å²) in [4.78, 5) is 11.1. The Labute approximate surface area is 162 Å². The van der Waals surface area contributed by atoms with Crippen molar-refractivity contribution in [2.75, 3.05) is 6.61 Å². The molecule has 1 saturated heterocycles. The second kappa shape index (κ2) is 7.56. The molecule has 1 amide bonds. The third kappa shape index (κ3) is 5.27. The molecule has 1 atom stereocenters. The number of carbonyl (C=O) groups is 1. The van der Waals surface area contributed by atoms with Gasteiger partial charge in [-0.25, -0.2) is 4.79 Å². The van der Waals surface area contributed by atoms with Crippen LogP contribution in [0.3, 0.4) is 0 Å². The van der Waals surface area contributed by atoms with Gasteiger partial charge < -0.3 is 24.5 Å². The van der Waals surface area contributed by atoms with Crippen LogP contribution in [0.2, 0.25) is 0 Å². The van der Waals surface area contributed by atoms with E-state index in [2.05, 4.69) is 11.9 Å². The van der Waals surface area contributed by atoms with Gasteiger partial charge in [0, 0.05) is 0 Å². The van der Waals surface area contributed by atoms with Crippen LogP contribution in [-0.2, 0) is 9.31 Å². The van der Waals surface area contributed by atoms with Crippen LogP contribution in [-0.4, -0.2) is 41.7 Å². The Kier molecular flexibility index (Phi) is 5.97. The average Bonchev–Trinajstić information content (AvgIpc) is 2.72. The van der Waals surface area contributed by atoms with Gasteiger partial charge in [-0.05, 0) is 65.6 Å². The quantitative estimate of drug-likeness (QED) is 0.565. The minimum atomic E-state index is -1.08. The molecule has 27 heavy (non-hydrogen) atoms. The normalized spacial score (nSPS) is 20.0. The third-order valence-electron chi connectivity index (χ3n) is 5.06. The van der Waals surface area contributed by atoms with Crippen molar-refractivity contribution in [3.8, 4) is 5.75 Å². The van der Waals surface area contributed by atoms with Crippen molar-refractivity contribution < 1.29 is 23.9 Å². The molecule has 0 spiro atoms. The van der Waals surface area contributed by atoms with Crippen LogP contribution in [0, 0.1) is 0 Å². The van der Waals surface area contributed by atoms with Gasteiger partial charge in [-0.15, -0.1) is 6.58 Å². The van der Waals surface area contributed by atoms with Crippen LogP contribution in [0.5, 0.6) is 5.75 Å². The SMILES string of the molecule is C=C(C)CC(C)(COc1ccc(B2OC(C)(C)C(C)(C)O2)cc1)NC(=O)O. The van der Waals surface area contributed by atoms with Crippen molar-refractivity contribution in [3.63, 3.8) is 0 Å². The molecule has 1 heterocycles. The monoisotopic (exact) mass is 375 g/mol. The molecule has 2 rings (SSSR count). The van der Waals surface area contributed by atoms with E-state index in [4.69, 9.17) is 19.2 Å². The van der Waals surface area contributed by atoms with Crippen LogP contribution in [0.4, 0.5) is 4.79 Å². The first-order chi connectivity index (χ1) is 12.3. The highest BCUT2D eigenvalue weighted by Gasteiger charge is 2.51. The molecule has 0 aliphatic carbocycles. The van der Waals surface area contributed by atoms with E-state index < -0.39 is 18.8 Å². The average molecular weight is 375 g/mol. The minimum Gasteiger partial charge on any atom is -0.491 e. The molecule has 0 radical (unpaired) electrons. The number of nitrogens with one attached hydrogen (secondary N) is 1. The summed E-state index contributed by atoms with van der Waals surface area (Å²) in [7, 11) is -0.425. The zero-order valence-electron chi connectivity index (χ0n) is 17.1. The number of hydrogen-bond donors (Lipinski definition) is 2. The van der Waals surface area contributed by atoms with Crippen molar-refractivity contribution in [3.05, 3.63) is 36.4 Å². The highest BCUT2D eigenvalue weighted by atomic mass is 16.7. The summed E-state index contributed by atoms with van der Waals surface area (Å²) in [5, 5.41) is 11.6. The molecule has 1 unspecified atom stereocenters. The molecule has 1 aliphatic heterocycles. The molecule has 1 aliphatic rings. The standard InChI is InChI=1S/C20H30BNO5/c1-14(2)12-20(7,22-17(23)24)13-25-16-10-8-15(9-11-16)21-26-18(3,4)19(5,6)27-21/h8-11,22H,1,12-13H2,2-7H3,(H,23,24). The summed E-state index contributed by atoms with van der Waals surface area (Å²) in [6.45, 7) is 15.8. The topological polar surface area (TPSA) is 77.0 Å². The third-order valence-corrected chi connectivity index (χ3v) is 5.06. The van der Waals surface area contributed by atoms with Gasteiger partial charge >= 0.3 is 13.2 Å². The smallest absolute Gasteiger partial charge is 0.491 e. The van der Waals surface area contributed by atoms with Crippen LogP contribution >= 0.6 is 0 Å². The molecule has 1 fully saturated rings. The van der Waals surface area contributed by atoms with E-state index in [1.54, 1.807) is 6.92 Å². The minimum absolute atomic E-state index is 0.196. The fourth-order valence-electron chi connectivity index (χ4n) is 3.00. The summed E-state index contributed by atoms with van der Waals surface area (Å²) in [6.07, 6.45) is -0.593. The van der Waals surface area contributed by atoms with Gasteiger partial charge in [0.1, 0.15) is 12.4 Å². The van der Waals surface area contributed by atoms with Gasteiger partial charge in [0.25, 0.3) is 0 Å². The van der Waals surface area contributed by atoms with Crippen LogP contribution < -0.4 is 15.5 Å². The molecule has 148 valence electrons. The molecule has 2 N–H and O–H groups in total. The van der Waals surface area contributed by atoms with Crippen molar-refractivity contribution in [2.24, 2.45) is 0 Å². The molecule has 1 aromatic carbocycles. The first-order valence-corrected chi connectivity index (χ1v) is 9.07. The van der Waals surface area contributed by atoms with Gasteiger partial charge in [0.05, 0.1) is 16.7 Å². The van der Waals surface area contributed by atoms with E-state index >= 15 is 0 Å². The Morgan fingerprint density at radius 3 is 2.19 bits per heavy atom. The number of benzene rings is 1. The van der Waals surface area contributed by atoms with Crippen molar-refractivity contribution in [1.82, 2.24) is 5.32 Å². The number of ether oxygens (including phenoxy) is 1. The van der Waals surface area contributed by atoms with E-state index in [1.807, 2.05) is 58.9 Å². The molecule has 7 heteroatoms. The number of amides is 1. The highest BCUT2D eigenvalue weighted by Crippen LogP contribution is 2.36. The van der Waals surface area contributed by atoms with Crippen LogP contribution in [0.25, 0.3) is 0 Å². The van der Waals surface area contributed by atoms with Gasteiger partial charge in [0.2, 0.25) is 0 Å². The van der Waals surface area contributed by atoms with E-state index in [0.717, 1.165) is 11.0 Å². The molecular formula is C20H30BNO5. The van der Waals surface area contributed by atoms with Gasteiger partial charge in [0.15, 0.2) is 0 Å². The Hall–Kier alpha value is -1.99. The lowest BCUT2D eigenvalue weighted by Gasteiger charge is -2.32. The van der Waals surface area contributed by atoms with Crippen molar-refractivity contribution in [1.29, 1.82) is 0 Å². The highest BCUT2D eigenvalue weighted by molar-refractivity contribution is 6.62. The maximum atomic E-state index is 11.1. The van der Waals surface area contributed by atoms with Crippen molar-refractivity contribution >= 4 is 18.7 Å². The van der Waals surface area contributed by atoms with E-state index in [-0.39, 0.29) is 17.8 Å². The molecule has 1 aromatic rings. The first kappa shape index (κ1) is 21.3. The fourth-order valence-corrected chi connectivity index (χ4v) is 3.00. The molecule has 0 bridgehead atoms. The summed E-state index contributed by atoms with van der Waals surface area (Å²) in [6, 6.07) is 7.47. The van der Waals surface area contributed by atoms with Gasteiger partial charge in [-0.1, -0.05) is 17.7 Å². The fraction of sp³-hybridized carbons (Fsp3) is 0.550. The van der Waals surface area contributed by atoms with E-state index in [9.17, 15) is 4.79 Å². The maximum Gasteiger partial charge on any atom is 0.494 e. The summed E-state index contributed by atoms with van der Waals surface area (Å²) >= 11 is 0. The molecular weight excluding hydrogens is 345 g/mol. The van der Waals surface area contributed by atoms with Crippen molar-refractivity contribution in [2.45, 2.75) is 64.7 Å². The van der Waals surface area contributed by atoms with Crippen LogP contribution in [0.15, 0.2) is 36.4 Å². The second-order valence-electron chi connectivity index (χ2n) is 8.57. The Morgan fingerprint density at radius 2 is 1.74 bits per heavy atom. The number of hydrogen-bond acceptors (Lipinski definition) is 4. The predicted molar refractivity (Wildman–Crippen MR) is 107 cm³/mol. The van der Waals surface area contributed by atoms with Gasteiger partial charge in [-0.2, -0.15) is 0 Å². The zero-order valence-corrected chi connectivity index (χ0v) is 17.1. The Bertz CT molecular complexity index is 667. The molecule has 0 saturated carbocycles.